The van der Waals surface area contributed by atoms with Crippen molar-refractivity contribution in [1.82, 2.24) is 10.1 Å². The Morgan fingerprint density at radius 3 is 3.00 bits per heavy atom. The lowest BCUT2D eigenvalue weighted by molar-refractivity contribution is 0.121. The number of aromatic nitrogens is 1. The molecule has 1 aromatic rings. The van der Waals surface area contributed by atoms with Gasteiger partial charge in [-0.05, 0) is 19.9 Å². The van der Waals surface area contributed by atoms with E-state index in [2.05, 4.69) is 17.1 Å². The molecular weight excluding hydrogens is 166 g/mol. The van der Waals surface area contributed by atoms with Gasteiger partial charge in [0, 0.05) is 18.2 Å². The van der Waals surface area contributed by atoms with E-state index >= 15 is 0 Å². The summed E-state index contributed by atoms with van der Waals surface area (Å²) in [5.41, 5.74) is 5.72. The van der Waals surface area contributed by atoms with Crippen molar-refractivity contribution in [2.24, 2.45) is 5.73 Å². The van der Waals surface area contributed by atoms with Crippen LogP contribution in [-0.2, 0) is 6.54 Å². The molecule has 1 aliphatic carbocycles. The van der Waals surface area contributed by atoms with E-state index in [9.17, 15) is 0 Å². The lowest BCUT2D eigenvalue weighted by Crippen LogP contribution is -2.48. The van der Waals surface area contributed by atoms with E-state index in [-0.39, 0.29) is 0 Å². The lowest BCUT2D eigenvalue weighted by Gasteiger charge is -2.38. The first-order chi connectivity index (χ1) is 6.25. The Labute approximate surface area is 77.7 Å². The van der Waals surface area contributed by atoms with Crippen molar-refractivity contribution in [2.75, 3.05) is 7.05 Å². The van der Waals surface area contributed by atoms with Gasteiger partial charge in [-0.25, -0.2) is 0 Å². The normalized spacial score (nSPS) is 27.6. The summed E-state index contributed by atoms with van der Waals surface area (Å²) in [5.74, 6) is 0.919. The molecule has 1 aliphatic rings. The maximum absolute atomic E-state index is 5.72. The van der Waals surface area contributed by atoms with Crippen LogP contribution in [0, 0.1) is 0 Å². The first-order valence-electron chi connectivity index (χ1n) is 4.61. The van der Waals surface area contributed by atoms with Crippen LogP contribution in [0.1, 0.15) is 18.6 Å². The second-order valence-electron chi connectivity index (χ2n) is 3.78. The minimum absolute atomic E-state index is 0.405. The van der Waals surface area contributed by atoms with Crippen molar-refractivity contribution < 1.29 is 4.52 Å². The third kappa shape index (κ3) is 1.89. The summed E-state index contributed by atoms with van der Waals surface area (Å²) in [6, 6.07) is 2.93. The highest BCUT2D eigenvalue weighted by Gasteiger charge is 2.29. The predicted molar refractivity (Wildman–Crippen MR) is 49.0 cm³/mol. The van der Waals surface area contributed by atoms with E-state index in [1.807, 2.05) is 6.07 Å². The van der Waals surface area contributed by atoms with Gasteiger partial charge in [0.2, 0.25) is 0 Å². The van der Waals surface area contributed by atoms with Gasteiger partial charge < -0.3 is 10.3 Å². The Balaban J connectivity index is 1.82. The molecule has 1 saturated carbocycles. The zero-order valence-corrected chi connectivity index (χ0v) is 7.81. The van der Waals surface area contributed by atoms with Crippen molar-refractivity contribution in [3.05, 3.63) is 18.0 Å². The molecule has 0 unspecified atom stereocenters. The molecule has 1 heterocycles. The molecule has 72 valence electrons. The Hall–Kier alpha value is -0.870. The molecule has 0 amide bonds. The smallest absolute Gasteiger partial charge is 0.150 e. The molecule has 1 fully saturated rings. The van der Waals surface area contributed by atoms with Crippen LogP contribution >= 0.6 is 0 Å². The molecule has 0 radical (unpaired) electrons. The van der Waals surface area contributed by atoms with Crippen LogP contribution in [0.25, 0.3) is 0 Å². The van der Waals surface area contributed by atoms with Crippen molar-refractivity contribution >= 4 is 0 Å². The van der Waals surface area contributed by atoms with Crippen LogP contribution in [0.3, 0.4) is 0 Å². The lowest BCUT2D eigenvalue weighted by atomic mass is 9.86. The summed E-state index contributed by atoms with van der Waals surface area (Å²) in [6.45, 7) is 0.831. The van der Waals surface area contributed by atoms with Gasteiger partial charge in [-0.15, -0.1) is 0 Å². The highest BCUT2D eigenvalue weighted by Crippen LogP contribution is 2.23. The zero-order chi connectivity index (χ0) is 9.26. The maximum atomic E-state index is 5.72. The molecule has 0 atom stereocenters. The molecule has 0 bridgehead atoms. The second kappa shape index (κ2) is 3.47. The largest absolute Gasteiger partial charge is 0.360 e. The highest BCUT2D eigenvalue weighted by molar-refractivity contribution is 4.95. The van der Waals surface area contributed by atoms with E-state index in [0.717, 1.165) is 25.1 Å². The Morgan fingerprint density at radius 1 is 1.69 bits per heavy atom. The summed E-state index contributed by atoms with van der Waals surface area (Å²) >= 11 is 0. The standard InChI is InChI=1S/C9H15N3O/c1-12(8-4-7(10)5-8)6-9-2-3-11-13-9/h2-3,7-8H,4-6,10H2,1H3. The number of nitrogens with zero attached hydrogens (tertiary/aromatic N) is 2. The number of hydrogen-bond acceptors (Lipinski definition) is 4. The zero-order valence-electron chi connectivity index (χ0n) is 7.81. The summed E-state index contributed by atoms with van der Waals surface area (Å²) < 4.78 is 5.03. The molecule has 2 N–H and O–H groups in total. The maximum Gasteiger partial charge on any atom is 0.150 e. The van der Waals surface area contributed by atoms with Gasteiger partial charge in [-0.1, -0.05) is 5.16 Å². The summed E-state index contributed by atoms with van der Waals surface area (Å²) in [6.07, 6.45) is 3.88. The van der Waals surface area contributed by atoms with E-state index in [1.165, 1.54) is 0 Å². The van der Waals surface area contributed by atoms with Crippen LogP contribution < -0.4 is 5.73 Å². The molecule has 2 rings (SSSR count). The minimum Gasteiger partial charge on any atom is -0.360 e. The Kier molecular flexibility index (Phi) is 2.33. The van der Waals surface area contributed by atoms with Gasteiger partial charge in [0.15, 0.2) is 5.76 Å². The van der Waals surface area contributed by atoms with Crippen molar-refractivity contribution in [2.45, 2.75) is 31.5 Å². The molecule has 13 heavy (non-hydrogen) atoms. The first kappa shape index (κ1) is 8.72. The average molecular weight is 181 g/mol. The molecule has 0 aliphatic heterocycles. The highest BCUT2D eigenvalue weighted by atomic mass is 16.5. The van der Waals surface area contributed by atoms with Gasteiger partial charge in [-0.3, -0.25) is 4.90 Å². The van der Waals surface area contributed by atoms with Crippen molar-refractivity contribution in [1.29, 1.82) is 0 Å². The van der Waals surface area contributed by atoms with Gasteiger partial charge in [0.1, 0.15) is 0 Å². The quantitative estimate of drug-likeness (QED) is 0.741. The van der Waals surface area contributed by atoms with E-state index in [4.69, 9.17) is 10.3 Å². The summed E-state index contributed by atoms with van der Waals surface area (Å²) in [7, 11) is 2.10. The van der Waals surface area contributed by atoms with E-state index < -0.39 is 0 Å². The molecule has 4 heteroatoms. The van der Waals surface area contributed by atoms with E-state index in [0.29, 0.717) is 12.1 Å². The fourth-order valence-electron chi connectivity index (χ4n) is 1.69. The fourth-order valence-corrected chi connectivity index (χ4v) is 1.69. The number of hydrogen-bond donors (Lipinski definition) is 1. The Bertz CT molecular complexity index is 254. The van der Waals surface area contributed by atoms with Crippen LogP contribution in [0.5, 0.6) is 0 Å². The average Bonchev–Trinajstić information content (AvgIpc) is 2.51. The number of rotatable bonds is 3. The molecular formula is C9H15N3O. The predicted octanol–water partition coefficient (Wildman–Crippen LogP) is 0.596. The first-order valence-corrected chi connectivity index (χ1v) is 4.61. The number of nitrogens with two attached hydrogens (primary N) is 1. The molecule has 0 spiro atoms. The third-order valence-corrected chi connectivity index (χ3v) is 2.67. The third-order valence-electron chi connectivity index (χ3n) is 2.67. The van der Waals surface area contributed by atoms with Gasteiger partial charge in [0.25, 0.3) is 0 Å². The van der Waals surface area contributed by atoms with Gasteiger partial charge in [0.05, 0.1) is 12.7 Å². The summed E-state index contributed by atoms with van der Waals surface area (Å²) in [4.78, 5) is 2.27. The van der Waals surface area contributed by atoms with E-state index in [1.54, 1.807) is 6.20 Å². The van der Waals surface area contributed by atoms with Crippen LogP contribution in [-0.4, -0.2) is 29.2 Å². The molecule has 1 aromatic heterocycles. The van der Waals surface area contributed by atoms with Gasteiger partial charge >= 0.3 is 0 Å². The van der Waals surface area contributed by atoms with Crippen LogP contribution in [0.15, 0.2) is 16.8 Å². The fraction of sp³-hybridized carbons (Fsp3) is 0.667. The monoisotopic (exact) mass is 181 g/mol. The van der Waals surface area contributed by atoms with Crippen molar-refractivity contribution in [3.63, 3.8) is 0 Å². The minimum atomic E-state index is 0.405. The van der Waals surface area contributed by atoms with Crippen molar-refractivity contribution in [3.8, 4) is 0 Å². The second-order valence-corrected chi connectivity index (χ2v) is 3.78. The Morgan fingerprint density at radius 2 is 2.46 bits per heavy atom. The van der Waals surface area contributed by atoms with Crippen LogP contribution in [0.4, 0.5) is 0 Å². The SMILES string of the molecule is CN(Cc1ccno1)C1CC(N)C1. The molecule has 4 nitrogen and oxygen atoms in total. The van der Waals surface area contributed by atoms with Gasteiger partial charge in [-0.2, -0.15) is 0 Å². The topological polar surface area (TPSA) is 55.3 Å². The molecule has 0 saturated heterocycles. The molecule has 0 aromatic carbocycles. The summed E-state index contributed by atoms with van der Waals surface area (Å²) in [5, 5.41) is 3.67. The van der Waals surface area contributed by atoms with Crippen LogP contribution in [0.2, 0.25) is 0 Å².